The standard InChI is InChI=1S/C27H31N5O5/c1-29-13-14-31(22(33)17-29)21-15-20(30-11-7-4-8-12-30)16-32-25(21)28-23(27(35)36-2)24(26(32)34)37-18-19-9-5-3-6-10-19/h3,5-6,9-10,15-16H,4,7-8,11-14,17-18H2,1-2H3. The fraction of sp³-hybridized carbons (Fsp3) is 0.407. The number of carbonyl (C=O) groups excluding carboxylic acids is 2. The van der Waals surface area contributed by atoms with E-state index in [0.29, 0.717) is 18.8 Å². The summed E-state index contributed by atoms with van der Waals surface area (Å²) >= 11 is 0. The summed E-state index contributed by atoms with van der Waals surface area (Å²) in [6.45, 7) is 3.20. The summed E-state index contributed by atoms with van der Waals surface area (Å²) in [4.78, 5) is 50.1. The van der Waals surface area contributed by atoms with E-state index < -0.39 is 11.5 Å². The van der Waals surface area contributed by atoms with E-state index in [1.807, 2.05) is 48.3 Å². The minimum Gasteiger partial charge on any atom is -0.481 e. The second kappa shape index (κ2) is 10.6. The number of nitrogens with zero attached hydrogens (tertiary/aromatic N) is 5. The Morgan fingerprint density at radius 3 is 2.49 bits per heavy atom. The van der Waals surface area contributed by atoms with Gasteiger partial charge < -0.3 is 19.3 Å². The van der Waals surface area contributed by atoms with Crippen molar-refractivity contribution in [2.45, 2.75) is 25.9 Å². The van der Waals surface area contributed by atoms with E-state index in [0.717, 1.165) is 43.6 Å². The third-order valence-electron chi connectivity index (χ3n) is 6.88. The van der Waals surface area contributed by atoms with Gasteiger partial charge in [-0.2, -0.15) is 0 Å². The number of benzene rings is 1. The van der Waals surface area contributed by atoms with Crippen LogP contribution in [0.3, 0.4) is 0 Å². The lowest BCUT2D eigenvalue weighted by Crippen LogP contribution is -2.49. The molecule has 4 heterocycles. The Labute approximate surface area is 215 Å². The lowest BCUT2D eigenvalue weighted by Gasteiger charge is -2.34. The molecule has 0 bridgehead atoms. The second-order valence-electron chi connectivity index (χ2n) is 9.47. The number of carbonyl (C=O) groups is 2. The van der Waals surface area contributed by atoms with Crippen molar-refractivity contribution in [2.75, 3.05) is 56.7 Å². The van der Waals surface area contributed by atoms with Crippen LogP contribution in [0.15, 0.2) is 47.4 Å². The molecule has 0 atom stereocenters. The van der Waals surface area contributed by atoms with Gasteiger partial charge in [0.15, 0.2) is 11.3 Å². The number of anilines is 2. The molecule has 1 amide bonds. The maximum atomic E-state index is 13.9. The molecule has 37 heavy (non-hydrogen) atoms. The van der Waals surface area contributed by atoms with Crippen LogP contribution in [-0.4, -0.2) is 73.0 Å². The Morgan fingerprint density at radius 1 is 1.03 bits per heavy atom. The average molecular weight is 506 g/mol. The van der Waals surface area contributed by atoms with Crippen LogP contribution in [0.4, 0.5) is 11.4 Å². The fourth-order valence-electron chi connectivity index (χ4n) is 4.86. The molecule has 0 spiro atoms. The third kappa shape index (κ3) is 5.01. The summed E-state index contributed by atoms with van der Waals surface area (Å²) in [6, 6.07) is 11.3. The number of methoxy groups -OCH3 is 1. The van der Waals surface area contributed by atoms with Gasteiger partial charge in [0.2, 0.25) is 11.7 Å². The first-order chi connectivity index (χ1) is 18.0. The molecule has 2 fully saturated rings. The average Bonchev–Trinajstić information content (AvgIpc) is 2.92. The third-order valence-corrected chi connectivity index (χ3v) is 6.88. The van der Waals surface area contributed by atoms with Crippen molar-refractivity contribution >= 4 is 28.9 Å². The number of ether oxygens (including phenoxy) is 2. The Bertz CT molecular complexity index is 1370. The molecule has 2 aliphatic heterocycles. The van der Waals surface area contributed by atoms with Gasteiger partial charge in [-0.15, -0.1) is 0 Å². The van der Waals surface area contributed by atoms with Crippen molar-refractivity contribution in [2.24, 2.45) is 0 Å². The highest BCUT2D eigenvalue weighted by Gasteiger charge is 2.29. The molecule has 1 aromatic carbocycles. The van der Waals surface area contributed by atoms with Crippen LogP contribution < -0.4 is 20.1 Å². The molecule has 0 saturated carbocycles. The van der Waals surface area contributed by atoms with Crippen molar-refractivity contribution < 1.29 is 19.1 Å². The smallest absolute Gasteiger partial charge is 0.360 e. The van der Waals surface area contributed by atoms with E-state index in [1.165, 1.54) is 11.5 Å². The van der Waals surface area contributed by atoms with Gasteiger partial charge >= 0.3 is 11.5 Å². The van der Waals surface area contributed by atoms with E-state index in [2.05, 4.69) is 9.88 Å². The molecule has 0 aliphatic carbocycles. The van der Waals surface area contributed by atoms with Crippen molar-refractivity contribution in [3.63, 3.8) is 0 Å². The molecule has 194 valence electrons. The molecule has 2 saturated heterocycles. The van der Waals surface area contributed by atoms with Crippen molar-refractivity contribution in [1.82, 2.24) is 14.3 Å². The number of pyridine rings is 1. The predicted octanol–water partition coefficient (Wildman–Crippen LogP) is 2.33. The zero-order valence-corrected chi connectivity index (χ0v) is 21.2. The van der Waals surface area contributed by atoms with Crippen LogP contribution in [0.5, 0.6) is 5.75 Å². The van der Waals surface area contributed by atoms with Gasteiger partial charge in [-0.3, -0.25) is 18.9 Å². The highest BCUT2D eigenvalue weighted by atomic mass is 16.5. The molecular formula is C27H31N5O5. The topological polar surface area (TPSA) is 96.7 Å². The number of aromatic nitrogens is 2. The molecule has 0 N–H and O–H groups in total. The van der Waals surface area contributed by atoms with Gasteiger partial charge in [0.25, 0.3) is 0 Å². The summed E-state index contributed by atoms with van der Waals surface area (Å²) < 4.78 is 12.2. The normalized spacial score (nSPS) is 16.8. The SMILES string of the molecule is COC(=O)c1nc2c(N3CCN(C)CC3=O)cc(N3CCCCC3)cn2c(=O)c1OCc1ccccc1. The number of esters is 1. The summed E-state index contributed by atoms with van der Waals surface area (Å²) in [7, 11) is 3.13. The Morgan fingerprint density at radius 2 is 1.78 bits per heavy atom. The van der Waals surface area contributed by atoms with E-state index in [4.69, 9.17) is 9.47 Å². The zero-order chi connectivity index (χ0) is 25.9. The minimum atomic E-state index is -0.779. The highest BCUT2D eigenvalue weighted by Crippen LogP contribution is 2.30. The molecule has 2 aliphatic rings. The van der Waals surface area contributed by atoms with E-state index in [9.17, 15) is 14.4 Å². The Hall–Kier alpha value is -3.92. The number of piperazine rings is 1. The van der Waals surface area contributed by atoms with Crippen LogP contribution in [0.2, 0.25) is 0 Å². The predicted molar refractivity (Wildman–Crippen MR) is 139 cm³/mol. The highest BCUT2D eigenvalue weighted by molar-refractivity contribution is 6.00. The second-order valence-corrected chi connectivity index (χ2v) is 9.47. The Balaban J connectivity index is 1.68. The number of piperidine rings is 1. The van der Waals surface area contributed by atoms with Gasteiger partial charge in [0.1, 0.15) is 6.61 Å². The molecule has 10 nitrogen and oxygen atoms in total. The number of likely N-dealkylation sites (N-methyl/N-ethyl adjacent to an activating group) is 1. The number of fused-ring (bicyclic) bond motifs is 1. The maximum Gasteiger partial charge on any atom is 0.360 e. The van der Waals surface area contributed by atoms with Crippen LogP contribution >= 0.6 is 0 Å². The van der Waals surface area contributed by atoms with E-state index in [1.54, 1.807) is 11.1 Å². The lowest BCUT2D eigenvalue weighted by molar-refractivity contribution is -0.120. The number of hydrogen-bond donors (Lipinski definition) is 0. The molecule has 10 heteroatoms. The Kier molecular flexibility index (Phi) is 7.09. The van der Waals surface area contributed by atoms with Gasteiger partial charge in [0, 0.05) is 32.4 Å². The first kappa shape index (κ1) is 24.8. The molecular weight excluding hydrogens is 474 g/mol. The van der Waals surface area contributed by atoms with E-state index in [-0.39, 0.29) is 36.1 Å². The van der Waals surface area contributed by atoms with Crippen LogP contribution in [-0.2, 0) is 16.1 Å². The summed E-state index contributed by atoms with van der Waals surface area (Å²) in [6.07, 6.45) is 5.01. The number of amides is 1. The molecule has 3 aromatic rings. The van der Waals surface area contributed by atoms with Crippen LogP contribution in [0.25, 0.3) is 5.65 Å². The minimum absolute atomic E-state index is 0.0867. The molecule has 0 unspecified atom stereocenters. The summed E-state index contributed by atoms with van der Waals surface area (Å²) in [5.41, 5.74) is 1.65. The van der Waals surface area contributed by atoms with Gasteiger partial charge in [0.05, 0.1) is 25.0 Å². The van der Waals surface area contributed by atoms with Gasteiger partial charge in [-0.05, 0) is 37.9 Å². The van der Waals surface area contributed by atoms with Crippen LogP contribution in [0.1, 0.15) is 35.3 Å². The van der Waals surface area contributed by atoms with Gasteiger partial charge in [-0.25, -0.2) is 9.78 Å². The fourth-order valence-corrected chi connectivity index (χ4v) is 4.86. The van der Waals surface area contributed by atoms with E-state index >= 15 is 0 Å². The van der Waals surface area contributed by atoms with Crippen molar-refractivity contribution in [3.05, 3.63) is 64.2 Å². The van der Waals surface area contributed by atoms with Gasteiger partial charge in [-0.1, -0.05) is 30.3 Å². The van der Waals surface area contributed by atoms with Crippen molar-refractivity contribution in [3.8, 4) is 5.75 Å². The molecule has 0 radical (unpaired) electrons. The number of rotatable bonds is 6. The van der Waals surface area contributed by atoms with Crippen molar-refractivity contribution in [1.29, 1.82) is 0 Å². The first-order valence-corrected chi connectivity index (χ1v) is 12.6. The summed E-state index contributed by atoms with van der Waals surface area (Å²) in [5.74, 6) is -1.05. The quantitative estimate of drug-likeness (QED) is 0.471. The summed E-state index contributed by atoms with van der Waals surface area (Å²) in [5, 5.41) is 0. The lowest BCUT2D eigenvalue weighted by atomic mass is 10.1. The largest absolute Gasteiger partial charge is 0.481 e. The molecule has 2 aromatic heterocycles. The zero-order valence-electron chi connectivity index (χ0n) is 21.2. The monoisotopic (exact) mass is 505 g/mol. The van der Waals surface area contributed by atoms with Crippen LogP contribution in [0, 0.1) is 0 Å². The first-order valence-electron chi connectivity index (χ1n) is 12.6. The number of hydrogen-bond acceptors (Lipinski definition) is 8. The maximum absolute atomic E-state index is 13.9. The molecule has 5 rings (SSSR count).